The summed E-state index contributed by atoms with van der Waals surface area (Å²) >= 11 is 0. The van der Waals surface area contributed by atoms with E-state index in [0.29, 0.717) is 0 Å². The van der Waals surface area contributed by atoms with Gasteiger partial charge >= 0.3 is 11.8 Å². The highest BCUT2D eigenvalue weighted by Gasteiger charge is 2.21. The number of non-ortho nitro benzene ring substituents is 1. The molecule has 2 aromatic rings. The predicted molar refractivity (Wildman–Crippen MR) is 83.3 cm³/mol. The van der Waals surface area contributed by atoms with E-state index in [1.807, 2.05) is 0 Å². The Hall–Kier alpha value is -3.56. The van der Waals surface area contributed by atoms with Crippen molar-refractivity contribution in [3.63, 3.8) is 0 Å². The molecule has 0 saturated carbocycles. The van der Waals surface area contributed by atoms with Crippen molar-refractivity contribution in [1.29, 1.82) is 0 Å². The van der Waals surface area contributed by atoms with Crippen molar-refractivity contribution >= 4 is 28.9 Å². The summed E-state index contributed by atoms with van der Waals surface area (Å²) in [4.78, 5) is 33.8. The minimum atomic E-state index is -1.36. The maximum atomic E-state index is 13.5. The van der Waals surface area contributed by atoms with Gasteiger partial charge in [0.1, 0.15) is 23.1 Å². The minimum absolute atomic E-state index is 0.0591. The fourth-order valence-electron chi connectivity index (χ4n) is 1.87. The molecule has 0 aliphatic rings. The van der Waals surface area contributed by atoms with Crippen molar-refractivity contribution in [2.75, 3.05) is 17.7 Å². The Balaban J connectivity index is 2.20. The highest BCUT2D eigenvalue weighted by Crippen LogP contribution is 2.29. The van der Waals surface area contributed by atoms with Crippen molar-refractivity contribution in [3.05, 3.63) is 58.1 Å². The van der Waals surface area contributed by atoms with E-state index in [0.717, 1.165) is 30.3 Å². The molecule has 0 fully saturated rings. The molecule has 0 aromatic heterocycles. The number of hydrogen-bond donors (Lipinski definition) is 2. The molecule has 0 saturated heterocycles. The second-order valence-electron chi connectivity index (χ2n) is 4.65. The van der Waals surface area contributed by atoms with E-state index in [-0.39, 0.29) is 17.1 Å². The van der Waals surface area contributed by atoms with Crippen LogP contribution in [0.2, 0.25) is 0 Å². The van der Waals surface area contributed by atoms with Crippen molar-refractivity contribution in [3.8, 4) is 5.75 Å². The van der Waals surface area contributed by atoms with Crippen LogP contribution in [0.1, 0.15) is 0 Å². The fourth-order valence-corrected chi connectivity index (χ4v) is 1.87. The lowest BCUT2D eigenvalue weighted by atomic mass is 10.2. The standard InChI is InChI=1S/C15H11F2N3O5/c1-25-12-6-5-8(20(23)24)7-11(12)18-14(21)15(22)19-13-9(16)3-2-4-10(13)17/h2-7H,1H3,(H,18,21)(H,19,22). The first-order chi connectivity index (χ1) is 11.8. The lowest BCUT2D eigenvalue weighted by molar-refractivity contribution is -0.384. The Morgan fingerprint density at radius 3 is 2.24 bits per heavy atom. The third kappa shape index (κ3) is 4.05. The molecule has 8 nitrogen and oxygen atoms in total. The topological polar surface area (TPSA) is 111 Å². The van der Waals surface area contributed by atoms with E-state index in [1.54, 1.807) is 5.32 Å². The van der Waals surface area contributed by atoms with E-state index >= 15 is 0 Å². The number of para-hydroxylation sites is 1. The third-order valence-electron chi connectivity index (χ3n) is 3.05. The number of halogens is 2. The Morgan fingerprint density at radius 1 is 1.08 bits per heavy atom. The van der Waals surface area contributed by atoms with Gasteiger partial charge in [-0.25, -0.2) is 8.78 Å². The molecule has 0 bridgehead atoms. The van der Waals surface area contributed by atoms with E-state index in [4.69, 9.17) is 4.74 Å². The monoisotopic (exact) mass is 351 g/mol. The number of rotatable bonds is 4. The summed E-state index contributed by atoms with van der Waals surface area (Å²) in [5.41, 5.74) is -1.28. The number of nitro groups is 1. The maximum Gasteiger partial charge on any atom is 0.314 e. The molecule has 0 unspecified atom stereocenters. The average molecular weight is 351 g/mol. The van der Waals surface area contributed by atoms with Gasteiger partial charge in [0.2, 0.25) is 0 Å². The van der Waals surface area contributed by atoms with E-state index in [2.05, 4.69) is 5.32 Å². The lowest BCUT2D eigenvalue weighted by Crippen LogP contribution is -2.30. The number of carbonyl (C=O) groups excluding carboxylic acids is 2. The Bertz CT molecular complexity index is 837. The van der Waals surface area contributed by atoms with E-state index < -0.39 is 34.1 Å². The van der Waals surface area contributed by atoms with Gasteiger partial charge in [0, 0.05) is 12.1 Å². The molecular formula is C15H11F2N3O5. The summed E-state index contributed by atoms with van der Waals surface area (Å²) in [6.45, 7) is 0. The first kappa shape index (κ1) is 17.8. The first-order valence-electron chi connectivity index (χ1n) is 6.72. The van der Waals surface area contributed by atoms with Crippen LogP contribution in [0.25, 0.3) is 0 Å². The van der Waals surface area contributed by atoms with Gasteiger partial charge in [-0.2, -0.15) is 0 Å². The Labute approximate surface area is 139 Å². The van der Waals surface area contributed by atoms with Crippen molar-refractivity contribution in [1.82, 2.24) is 0 Å². The number of nitrogens with one attached hydrogen (secondary N) is 2. The van der Waals surface area contributed by atoms with Crippen molar-refractivity contribution in [2.24, 2.45) is 0 Å². The van der Waals surface area contributed by atoms with Gasteiger partial charge in [-0.3, -0.25) is 19.7 Å². The molecular weight excluding hydrogens is 340 g/mol. The van der Waals surface area contributed by atoms with Crippen molar-refractivity contribution < 1.29 is 28.0 Å². The number of anilines is 2. The molecule has 10 heteroatoms. The van der Waals surface area contributed by atoms with Crippen LogP contribution in [0.15, 0.2) is 36.4 Å². The van der Waals surface area contributed by atoms with Crippen LogP contribution in [0, 0.1) is 21.7 Å². The highest BCUT2D eigenvalue weighted by molar-refractivity contribution is 6.43. The minimum Gasteiger partial charge on any atom is -0.495 e. The number of nitro benzene ring substituents is 1. The summed E-state index contributed by atoms with van der Waals surface area (Å²) in [5.74, 6) is -4.72. The Morgan fingerprint density at radius 2 is 1.68 bits per heavy atom. The largest absolute Gasteiger partial charge is 0.495 e. The van der Waals surface area contributed by atoms with Crippen LogP contribution < -0.4 is 15.4 Å². The molecule has 0 aliphatic heterocycles. The molecule has 0 aliphatic carbocycles. The molecule has 2 amide bonds. The first-order valence-corrected chi connectivity index (χ1v) is 6.72. The highest BCUT2D eigenvalue weighted by atomic mass is 19.1. The molecule has 0 atom stereocenters. The van der Waals surface area contributed by atoms with Crippen LogP contribution in [0.3, 0.4) is 0 Å². The molecule has 0 spiro atoms. The van der Waals surface area contributed by atoms with Gasteiger partial charge < -0.3 is 15.4 Å². The molecule has 2 aromatic carbocycles. The van der Waals surface area contributed by atoms with E-state index in [1.165, 1.54) is 13.2 Å². The molecule has 0 heterocycles. The predicted octanol–water partition coefficient (Wildman–Crippen LogP) is 2.46. The molecule has 0 radical (unpaired) electrons. The number of nitrogens with zero attached hydrogens (tertiary/aromatic N) is 1. The molecule has 2 rings (SSSR count). The van der Waals surface area contributed by atoms with Crippen LogP contribution in [-0.4, -0.2) is 23.8 Å². The number of hydrogen-bond acceptors (Lipinski definition) is 5. The maximum absolute atomic E-state index is 13.5. The van der Waals surface area contributed by atoms with Gasteiger partial charge in [-0.15, -0.1) is 0 Å². The zero-order valence-electron chi connectivity index (χ0n) is 12.7. The van der Waals surface area contributed by atoms with Gasteiger partial charge in [-0.05, 0) is 18.2 Å². The van der Waals surface area contributed by atoms with Gasteiger partial charge in [-0.1, -0.05) is 6.07 Å². The quantitative estimate of drug-likeness (QED) is 0.499. The van der Waals surface area contributed by atoms with E-state index in [9.17, 15) is 28.5 Å². The normalized spacial score (nSPS) is 10.0. The smallest absolute Gasteiger partial charge is 0.314 e. The second kappa shape index (κ2) is 7.34. The average Bonchev–Trinajstić information content (AvgIpc) is 2.57. The number of amides is 2. The van der Waals surface area contributed by atoms with Gasteiger partial charge in [0.05, 0.1) is 17.7 Å². The summed E-state index contributed by atoms with van der Waals surface area (Å²) < 4.78 is 31.9. The number of ether oxygens (including phenoxy) is 1. The Kier molecular flexibility index (Phi) is 5.22. The fraction of sp³-hybridized carbons (Fsp3) is 0.0667. The second-order valence-corrected chi connectivity index (χ2v) is 4.65. The molecule has 2 N–H and O–H groups in total. The molecule has 25 heavy (non-hydrogen) atoms. The van der Waals surface area contributed by atoms with Crippen LogP contribution in [0.4, 0.5) is 25.8 Å². The zero-order chi connectivity index (χ0) is 18.6. The zero-order valence-corrected chi connectivity index (χ0v) is 12.7. The SMILES string of the molecule is COc1ccc([N+](=O)[O-])cc1NC(=O)C(=O)Nc1c(F)cccc1F. The van der Waals surface area contributed by atoms with Crippen molar-refractivity contribution in [2.45, 2.75) is 0 Å². The summed E-state index contributed by atoms with van der Waals surface area (Å²) in [6.07, 6.45) is 0. The summed E-state index contributed by atoms with van der Waals surface area (Å²) in [5, 5.41) is 14.7. The summed E-state index contributed by atoms with van der Waals surface area (Å²) in [7, 11) is 1.26. The number of benzene rings is 2. The number of carbonyl (C=O) groups is 2. The third-order valence-corrected chi connectivity index (χ3v) is 3.05. The van der Waals surface area contributed by atoms with Crippen LogP contribution in [0.5, 0.6) is 5.75 Å². The van der Waals surface area contributed by atoms with Gasteiger partial charge in [0.25, 0.3) is 5.69 Å². The molecule has 130 valence electrons. The van der Waals surface area contributed by atoms with Gasteiger partial charge in [0.15, 0.2) is 0 Å². The number of methoxy groups -OCH3 is 1. The lowest BCUT2D eigenvalue weighted by Gasteiger charge is -2.10. The summed E-state index contributed by atoms with van der Waals surface area (Å²) in [6, 6.07) is 6.24. The van der Waals surface area contributed by atoms with Crippen LogP contribution in [-0.2, 0) is 9.59 Å². The van der Waals surface area contributed by atoms with Crippen LogP contribution >= 0.6 is 0 Å².